The highest BCUT2D eigenvalue weighted by atomic mass is 32.2. The molecule has 154 valence electrons. The van der Waals surface area contributed by atoms with Gasteiger partial charge in [-0.15, -0.1) is 5.10 Å². The van der Waals surface area contributed by atoms with Gasteiger partial charge >= 0.3 is 0 Å². The largest absolute Gasteiger partial charge is 0.325 e. The van der Waals surface area contributed by atoms with Crippen molar-refractivity contribution < 1.29 is 13.2 Å². The third-order valence-corrected chi connectivity index (χ3v) is 6.29. The van der Waals surface area contributed by atoms with Crippen molar-refractivity contribution in [2.45, 2.75) is 29.1 Å². The molecule has 2 aromatic carbocycles. The van der Waals surface area contributed by atoms with Crippen LogP contribution in [0.5, 0.6) is 0 Å². The van der Waals surface area contributed by atoms with E-state index in [1.807, 2.05) is 24.3 Å². The van der Waals surface area contributed by atoms with E-state index in [-0.39, 0.29) is 10.8 Å². The molecule has 4 rings (SSSR count). The zero-order valence-electron chi connectivity index (χ0n) is 16.1. The van der Waals surface area contributed by atoms with Gasteiger partial charge in [0.25, 0.3) is 0 Å². The summed E-state index contributed by atoms with van der Waals surface area (Å²) >= 11 is 1.23. The van der Waals surface area contributed by atoms with Gasteiger partial charge in [-0.05, 0) is 44.2 Å². The summed E-state index contributed by atoms with van der Waals surface area (Å²) in [5.41, 5.74) is 1.77. The SMILES string of the molecule is Cc1nc2c3ccccc3nc(S[C@H](C)C(=O)Nc3cccc(S(N)(=O)=O)c3)n2n1. The predicted molar refractivity (Wildman–Crippen MR) is 115 cm³/mol. The number of carbonyl (C=O) groups excluding carboxylic acids is 1. The van der Waals surface area contributed by atoms with Crippen LogP contribution in [0.3, 0.4) is 0 Å². The number of thioether (sulfide) groups is 1. The molecule has 0 radical (unpaired) electrons. The number of nitrogens with two attached hydrogens (primary N) is 1. The Labute approximate surface area is 176 Å². The highest BCUT2D eigenvalue weighted by Crippen LogP contribution is 2.27. The second kappa shape index (κ2) is 7.67. The van der Waals surface area contributed by atoms with Crippen LogP contribution in [0, 0.1) is 6.92 Å². The number of hydrogen-bond donors (Lipinski definition) is 2. The van der Waals surface area contributed by atoms with Crippen molar-refractivity contribution in [3.8, 4) is 0 Å². The summed E-state index contributed by atoms with van der Waals surface area (Å²) in [4.78, 5) is 21.7. The fourth-order valence-electron chi connectivity index (χ4n) is 2.92. The molecule has 0 bridgehead atoms. The summed E-state index contributed by atoms with van der Waals surface area (Å²) in [6, 6.07) is 13.4. The van der Waals surface area contributed by atoms with Crippen molar-refractivity contribution in [3.05, 3.63) is 54.4 Å². The van der Waals surface area contributed by atoms with E-state index in [2.05, 4.69) is 20.4 Å². The third-order valence-electron chi connectivity index (χ3n) is 4.34. The first-order chi connectivity index (χ1) is 14.2. The first kappa shape index (κ1) is 20.3. The number of nitrogens with zero attached hydrogens (tertiary/aromatic N) is 4. The summed E-state index contributed by atoms with van der Waals surface area (Å²) in [5.74, 6) is 0.290. The molecule has 0 spiro atoms. The van der Waals surface area contributed by atoms with E-state index in [0.29, 0.717) is 22.3 Å². The second-order valence-electron chi connectivity index (χ2n) is 6.63. The number of sulfonamides is 1. The zero-order valence-corrected chi connectivity index (χ0v) is 17.7. The molecule has 2 aromatic heterocycles. The number of para-hydroxylation sites is 1. The quantitative estimate of drug-likeness (QED) is 0.358. The number of rotatable bonds is 5. The number of benzene rings is 2. The number of carbonyl (C=O) groups is 1. The van der Waals surface area contributed by atoms with Gasteiger partial charge in [-0.3, -0.25) is 4.79 Å². The summed E-state index contributed by atoms with van der Waals surface area (Å²) in [7, 11) is -3.86. The zero-order chi connectivity index (χ0) is 21.5. The molecule has 0 saturated heterocycles. The molecule has 0 aliphatic heterocycles. The number of aromatic nitrogens is 4. The standard InChI is InChI=1S/C19H18N6O3S2/c1-11(18(26)22-13-6-5-7-14(10-13)30(20,27)28)29-19-23-16-9-4-3-8-15(16)17-21-12(2)24-25(17)19/h3-11H,1-2H3,(H,22,26)(H2,20,27,28)/t11-/m1/s1. The van der Waals surface area contributed by atoms with Crippen LogP contribution in [0.4, 0.5) is 5.69 Å². The summed E-state index contributed by atoms with van der Waals surface area (Å²) in [5, 5.41) is 13.1. The Bertz CT molecular complexity index is 1380. The van der Waals surface area contributed by atoms with Gasteiger partial charge in [-0.2, -0.15) is 4.52 Å². The molecule has 11 heteroatoms. The second-order valence-corrected chi connectivity index (χ2v) is 9.50. The lowest BCUT2D eigenvalue weighted by molar-refractivity contribution is -0.115. The Balaban J connectivity index is 1.61. The summed E-state index contributed by atoms with van der Waals surface area (Å²) in [6.07, 6.45) is 0. The van der Waals surface area contributed by atoms with E-state index in [4.69, 9.17) is 5.14 Å². The highest BCUT2D eigenvalue weighted by molar-refractivity contribution is 8.00. The average Bonchev–Trinajstić information content (AvgIpc) is 3.09. The first-order valence-corrected chi connectivity index (χ1v) is 11.4. The van der Waals surface area contributed by atoms with Gasteiger partial charge in [0.1, 0.15) is 5.82 Å². The summed E-state index contributed by atoms with van der Waals surface area (Å²) < 4.78 is 24.7. The van der Waals surface area contributed by atoms with Crippen LogP contribution < -0.4 is 10.5 Å². The highest BCUT2D eigenvalue weighted by Gasteiger charge is 2.20. The van der Waals surface area contributed by atoms with Gasteiger partial charge in [0.2, 0.25) is 15.9 Å². The number of anilines is 1. The van der Waals surface area contributed by atoms with Crippen molar-refractivity contribution >= 4 is 49.9 Å². The molecule has 30 heavy (non-hydrogen) atoms. The van der Waals surface area contributed by atoms with Crippen molar-refractivity contribution in [2.24, 2.45) is 5.14 Å². The molecule has 2 heterocycles. The van der Waals surface area contributed by atoms with Crippen LogP contribution >= 0.6 is 11.8 Å². The third kappa shape index (κ3) is 3.99. The number of amides is 1. The minimum absolute atomic E-state index is 0.0726. The topological polar surface area (TPSA) is 132 Å². The van der Waals surface area contributed by atoms with Gasteiger partial charge in [0.05, 0.1) is 15.7 Å². The normalized spacial score (nSPS) is 12.9. The minimum atomic E-state index is -3.86. The molecule has 1 amide bonds. The lowest BCUT2D eigenvalue weighted by Crippen LogP contribution is -2.23. The fourth-order valence-corrected chi connectivity index (χ4v) is 4.34. The van der Waals surface area contributed by atoms with Crippen molar-refractivity contribution in [1.82, 2.24) is 19.6 Å². The molecule has 0 aliphatic carbocycles. The van der Waals surface area contributed by atoms with Crippen LogP contribution in [-0.4, -0.2) is 39.2 Å². The fraction of sp³-hybridized carbons (Fsp3) is 0.158. The maximum absolute atomic E-state index is 12.7. The Hall–Kier alpha value is -3.02. The molecule has 0 saturated carbocycles. The van der Waals surface area contributed by atoms with Crippen LogP contribution in [-0.2, 0) is 14.8 Å². The minimum Gasteiger partial charge on any atom is -0.325 e. The van der Waals surface area contributed by atoms with E-state index in [0.717, 1.165) is 10.9 Å². The molecule has 4 aromatic rings. The first-order valence-electron chi connectivity index (χ1n) is 8.95. The van der Waals surface area contributed by atoms with Crippen LogP contribution in [0.15, 0.2) is 58.6 Å². The van der Waals surface area contributed by atoms with Crippen LogP contribution in [0.25, 0.3) is 16.6 Å². The Kier molecular flexibility index (Phi) is 5.18. The monoisotopic (exact) mass is 442 g/mol. The Morgan fingerprint density at radius 3 is 2.70 bits per heavy atom. The van der Waals surface area contributed by atoms with Crippen LogP contribution in [0.1, 0.15) is 12.7 Å². The Morgan fingerprint density at radius 1 is 1.17 bits per heavy atom. The number of primary sulfonamides is 1. The van der Waals surface area contributed by atoms with Crippen molar-refractivity contribution in [1.29, 1.82) is 0 Å². The molecule has 3 N–H and O–H groups in total. The number of nitrogens with one attached hydrogen (secondary N) is 1. The van der Waals surface area contributed by atoms with Gasteiger partial charge in [0, 0.05) is 11.1 Å². The lowest BCUT2D eigenvalue weighted by Gasteiger charge is -2.13. The van der Waals surface area contributed by atoms with Crippen molar-refractivity contribution in [2.75, 3.05) is 5.32 Å². The molecule has 9 nitrogen and oxygen atoms in total. The van der Waals surface area contributed by atoms with Gasteiger partial charge in [-0.25, -0.2) is 23.5 Å². The van der Waals surface area contributed by atoms with E-state index in [1.54, 1.807) is 24.4 Å². The maximum atomic E-state index is 12.7. The van der Waals surface area contributed by atoms with E-state index >= 15 is 0 Å². The van der Waals surface area contributed by atoms with E-state index in [9.17, 15) is 13.2 Å². The molecule has 0 aliphatic rings. The smallest absolute Gasteiger partial charge is 0.238 e. The van der Waals surface area contributed by atoms with Crippen molar-refractivity contribution in [3.63, 3.8) is 0 Å². The van der Waals surface area contributed by atoms with Gasteiger partial charge in [0.15, 0.2) is 10.8 Å². The molecule has 0 fully saturated rings. The van der Waals surface area contributed by atoms with E-state index < -0.39 is 15.3 Å². The Morgan fingerprint density at radius 2 is 1.93 bits per heavy atom. The van der Waals surface area contributed by atoms with Crippen LogP contribution in [0.2, 0.25) is 0 Å². The molecule has 0 unspecified atom stereocenters. The molecular formula is C19H18N6O3S2. The average molecular weight is 443 g/mol. The summed E-state index contributed by atoms with van der Waals surface area (Å²) in [6.45, 7) is 3.53. The molecular weight excluding hydrogens is 424 g/mol. The molecule has 1 atom stereocenters. The van der Waals surface area contributed by atoms with Gasteiger partial charge in [-0.1, -0.05) is 30.0 Å². The van der Waals surface area contributed by atoms with Gasteiger partial charge < -0.3 is 5.32 Å². The number of fused-ring (bicyclic) bond motifs is 3. The van der Waals surface area contributed by atoms with E-state index in [1.165, 1.54) is 30.0 Å². The number of hydrogen-bond acceptors (Lipinski definition) is 7. The maximum Gasteiger partial charge on any atom is 0.238 e. The number of aryl methyl sites for hydroxylation is 1. The lowest BCUT2D eigenvalue weighted by atomic mass is 10.2. The predicted octanol–water partition coefficient (Wildman–Crippen LogP) is 2.35.